The summed E-state index contributed by atoms with van der Waals surface area (Å²) in [6, 6.07) is 9.75. The van der Waals surface area contributed by atoms with Crippen LogP contribution in [-0.2, 0) is 11.2 Å². The van der Waals surface area contributed by atoms with Gasteiger partial charge in [-0.05, 0) is 30.4 Å². The topological polar surface area (TPSA) is 52.1 Å². The van der Waals surface area contributed by atoms with Gasteiger partial charge in [0.15, 0.2) is 0 Å². The van der Waals surface area contributed by atoms with Gasteiger partial charge in [0.1, 0.15) is 6.10 Å². The van der Waals surface area contributed by atoms with Crippen LogP contribution in [0, 0.1) is 0 Å². The summed E-state index contributed by atoms with van der Waals surface area (Å²) in [5, 5.41) is 0. The quantitative estimate of drug-likeness (QED) is 0.485. The predicted molar refractivity (Wildman–Crippen MR) is 94.8 cm³/mol. The second kappa shape index (κ2) is 9.81. The van der Waals surface area contributed by atoms with Crippen molar-refractivity contribution < 1.29 is 9.53 Å². The number of aryl methyl sites for hydroxylation is 1. The molecule has 0 bridgehead atoms. The number of esters is 1. The zero-order valence-electron chi connectivity index (χ0n) is 14.6. The van der Waals surface area contributed by atoms with Crippen LogP contribution < -0.4 is 0 Å². The van der Waals surface area contributed by atoms with Crippen LogP contribution in [0.1, 0.15) is 73.8 Å². The molecule has 1 aromatic heterocycles. The molecule has 2 aromatic rings. The van der Waals surface area contributed by atoms with E-state index >= 15 is 0 Å². The predicted octanol–water partition coefficient (Wildman–Crippen LogP) is 4.91. The Bertz CT molecular complexity index is 611. The lowest BCUT2D eigenvalue weighted by molar-refractivity contribution is 0.0273. The summed E-state index contributed by atoms with van der Waals surface area (Å²) in [6.45, 7) is 4.19. The molecule has 1 unspecified atom stereocenters. The molecule has 0 saturated heterocycles. The third-order valence-electron chi connectivity index (χ3n) is 4.00. The fraction of sp³-hybridized carbons (Fsp3) is 0.450. The number of carbonyl (C=O) groups is 1. The van der Waals surface area contributed by atoms with Crippen LogP contribution in [-0.4, -0.2) is 15.9 Å². The molecular weight excluding hydrogens is 300 g/mol. The van der Waals surface area contributed by atoms with Gasteiger partial charge < -0.3 is 4.74 Å². The van der Waals surface area contributed by atoms with Gasteiger partial charge in [0, 0.05) is 12.4 Å². The highest BCUT2D eigenvalue weighted by molar-refractivity contribution is 5.85. The van der Waals surface area contributed by atoms with Crippen LogP contribution in [0.3, 0.4) is 0 Å². The van der Waals surface area contributed by atoms with Crippen molar-refractivity contribution in [3.63, 3.8) is 0 Å². The standard InChI is InChI=1S/C20H26N2O2/c1-3-5-6-8-11-16-14-21-19(22-15-16)20(23)24-18(4-2)17-12-9-7-10-13-17/h7,9-10,12-15,18H,3-6,8,11H2,1-2H3. The summed E-state index contributed by atoms with van der Waals surface area (Å²) < 4.78 is 5.56. The molecular formula is C20H26N2O2. The molecule has 0 N–H and O–H groups in total. The van der Waals surface area contributed by atoms with E-state index in [1.807, 2.05) is 37.3 Å². The largest absolute Gasteiger partial charge is 0.452 e. The maximum Gasteiger partial charge on any atom is 0.376 e. The lowest BCUT2D eigenvalue weighted by atomic mass is 10.1. The first-order chi connectivity index (χ1) is 11.7. The third kappa shape index (κ3) is 5.44. The van der Waals surface area contributed by atoms with Gasteiger partial charge in [0.25, 0.3) is 0 Å². The number of carbonyl (C=O) groups excluding carboxylic acids is 1. The van der Waals surface area contributed by atoms with Gasteiger partial charge in [-0.3, -0.25) is 0 Å². The van der Waals surface area contributed by atoms with E-state index in [4.69, 9.17) is 4.74 Å². The van der Waals surface area contributed by atoms with Crippen molar-refractivity contribution >= 4 is 5.97 Å². The molecule has 0 aliphatic rings. The van der Waals surface area contributed by atoms with E-state index in [0.29, 0.717) is 6.42 Å². The van der Waals surface area contributed by atoms with Crippen molar-refractivity contribution in [3.8, 4) is 0 Å². The average Bonchev–Trinajstić information content (AvgIpc) is 2.64. The highest BCUT2D eigenvalue weighted by Gasteiger charge is 2.18. The Hall–Kier alpha value is -2.23. The minimum absolute atomic E-state index is 0.127. The van der Waals surface area contributed by atoms with E-state index in [2.05, 4.69) is 16.9 Å². The number of benzene rings is 1. The minimum atomic E-state index is -0.469. The Kier molecular flexibility index (Phi) is 7.40. The summed E-state index contributed by atoms with van der Waals surface area (Å²) in [6.07, 6.45) is 9.70. The van der Waals surface area contributed by atoms with E-state index in [1.165, 1.54) is 19.3 Å². The van der Waals surface area contributed by atoms with Crippen molar-refractivity contribution in [2.75, 3.05) is 0 Å². The smallest absolute Gasteiger partial charge is 0.376 e. The second-order valence-corrected chi connectivity index (χ2v) is 5.94. The molecule has 0 fully saturated rings. The molecule has 0 saturated carbocycles. The van der Waals surface area contributed by atoms with Gasteiger partial charge in [0.05, 0.1) is 0 Å². The fourth-order valence-electron chi connectivity index (χ4n) is 2.58. The number of hydrogen-bond donors (Lipinski definition) is 0. The monoisotopic (exact) mass is 326 g/mol. The molecule has 4 nitrogen and oxygen atoms in total. The van der Waals surface area contributed by atoms with Gasteiger partial charge >= 0.3 is 5.97 Å². The molecule has 0 spiro atoms. The molecule has 0 aliphatic heterocycles. The van der Waals surface area contributed by atoms with Gasteiger partial charge in [-0.2, -0.15) is 0 Å². The summed E-state index contributed by atoms with van der Waals surface area (Å²) in [4.78, 5) is 20.6. The van der Waals surface area contributed by atoms with Gasteiger partial charge in [-0.25, -0.2) is 14.8 Å². The molecule has 0 amide bonds. The Morgan fingerprint density at radius 1 is 1.04 bits per heavy atom. The number of unbranched alkanes of at least 4 members (excludes halogenated alkanes) is 3. The maximum atomic E-state index is 12.3. The number of nitrogens with zero attached hydrogens (tertiary/aromatic N) is 2. The number of ether oxygens (including phenoxy) is 1. The van der Waals surface area contributed by atoms with Crippen LogP contribution in [0.2, 0.25) is 0 Å². The van der Waals surface area contributed by atoms with Crippen molar-refractivity contribution in [1.82, 2.24) is 9.97 Å². The van der Waals surface area contributed by atoms with Crippen LogP contribution in [0.5, 0.6) is 0 Å². The van der Waals surface area contributed by atoms with Crippen LogP contribution in [0.15, 0.2) is 42.7 Å². The number of aromatic nitrogens is 2. The van der Waals surface area contributed by atoms with Crippen molar-refractivity contribution in [2.45, 2.75) is 58.5 Å². The lowest BCUT2D eigenvalue weighted by Gasteiger charge is -2.15. The first-order valence-corrected chi connectivity index (χ1v) is 8.81. The third-order valence-corrected chi connectivity index (χ3v) is 4.00. The molecule has 128 valence electrons. The fourth-order valence-corrected chi connectivity index (χ4v) is 2.58. The van der Waals surface area contributed by atoms with Gasteiger partial charge in [-0.15, -0.1) is 0 Å². The summed E-state index contributed by atoms with van der Waals surface area (Å²) in [7, 11) is 0. The molecule has 0 radical (unpaired) electrons. The van der Waals surface area contributed by atoms with Crippen LogP contribution in [0.4, 0.5) is 0 Å². The molecule has 2 rings (SSSR count). The van der Waals surface area contributed by atoms with Crippen molar-refractivity contribution in [1.29, 1.82) is 0 Å². The maximum absolute atomic E-state index is 12.3. The summed E-state index contributed by atoms with van der Waals surface area (Å²) >= 11 is 0. The normalized spacial score (nSPS) is 11.9. The van der Waals surface area contributed by atoms with E-state index in [9.17, 15) is 4.79 Å². The SMILES string of the molecule is CCCCCCc1cnc(C(=O)OC(CC)c2ccccc2)nc1. The Balaban J connectivity index is 1.92. The average molecular weight is 326 g/mol. The second-order valence-electron chi connectivity index (χ2n) is 5.94. The number of hydrogen-bond acceptors (Lipinski definition) is 4. The highest BCUT2D eigenvalue weighted by Crippen LogP contribution is 2.21. The molecule has 4 heteroatoms. The van der Waals surface area contributed by atoms with Gasteiger partial charge in [-0.1, -0.05) is 63.4 Å². The van der Waals surface area contributed by atoms with Crippen molar-refractivity contribution in [3.05, 3.63) is 59.7 Å². The molecule has 1 atom stereocenters. The Morgan fingerprint density at radius 2 is 1.75 bits per heavy atom. The molecule has 24 heavy (non-hydrogen) atoms. The number of rotatable bonds is 9. The molecule has 0 aliphatic carbocycles. The Labute approximate surface area is 144 Å². The highest BCUT2D eigenvalue weighted by atomic mass is 16.5. The minimum Gasteiger partial charge on any atom is -0.452 e. The van der Waals surface area contributed by atoms with Gasteiger partial charge in [0.2, 0.25) is 5.82 Å². The van der Waals surface area contributed by atoms with Crippen LogP contribution >= 0.6 is 0 Å². The van der Waals surface area contributed by atoms with Crippen LogP contribution in [0.25, 0.3) is 0 Å². The van der Waals surface area contributed by atoms with E-state index in [0.717, 1.165) is 24.0 Å². The summed E-state index contributed by atoms with van der Waals surface area (Å²) in [5.74, 6) is -0.343. The van der Waals surface area contributed by atoms with E-state index in [1.54, 1.807) is 12.4 Å². The lowest BCUT2D eigenvalue weighted by Crippen LogP contribution is -2.14. The summed E-state index contributed by atoms with van der Waals surface area (Å²) in [5.41, 5.74) is 2.05. The Morgan fingerprint density at radius 3 is 2.38 bits per heavy atom. The zero-order chi connectivity index (χ0) is 17.2. The van der Waals surface area contributed by atoms with E-state index < -0.39 is 5.97 Å². The molecule has 1 heterocycles. The zero-order valence-corrected chi connectivity index (χ0v) is 14.6. The first kappa shape index (κ1) is 18.1. The molecule has 1 aromatic carbocycles. The van der Waals surface area contributed by atoms with Crippen molar-refractivity contribution in [2.24, 2.45) is 0 Å². The first-order valence-electron chi connectivity index (χ1n) is 8.81. The van der Waals surface area contributed by atoms with E-state index in [-0.39, 0.29) is 11.9 Å².